The molecule has 0 saturated heterocycles. The van der Waals surface area contributed by atoms with Gasteiger partial charge in [-0.1, -0.05) is 0 Å². The van der Waals surface area contributed by atoms with Gasteiger partial charge in [0, 0.05) is 31.4 Å². The topological polar surface area (TPSA) is 120 Å². The molecule has 0 saturated carbocycles. The number of pyridine rings is 1. The number of hydrogen-bond acceptors (Lipinski definition) is 9. The molecule has 0 bridgehead atoms. The maximum atomic E-state index is 12.2. The average Bonchev–Trinajstić information content (AvgIpc) is 2.84. The van der Waals surface area contributed by atoms with E-state index in [1.807, 2.05) is 26.0 Å². The number of benzene rings is 1. The molecule has 0 aliphatic heterocycles. The molecule has 3 aromatic rings. The van der Waals surface area contributed by atoms with Crippen molar-refractivity contribution in [3.05, 3.63) is 59.6 Å². The Morgan fingerprint density at radius 1 is 0.914 bits per heavy atom. The van der Waals surface area contributed by atoms with Crippen LogP contribution in [0.1, 0.15) is 17.0 Å². The molecule has 0 aliphatic carbocycles. The number of amides is 1. The summed E-state index contributed by atoms with van der Waals surface area (Å²) in [6, 6.07) is 9.19. The zero-order valence-electron chi connectivity index (χ0n) is 20.5. The Balaban J connectivity index is 1.52. The molecular formula is C25H30N6O4. The van der Waals surface area contributed by atoms with Gasteiger partial charge < -0.3 is 30.2 Å². The monoisotopic (exact) mass is 478 g/mol. The van der Waals surface area contributed by atoms with Crippen LogP contribution in [0.3, 0.4) is 0 Å². The Morgan fingerprint density at radius 2 is 1.63 bits per heavy atom. The van der Waals surface area contributed by atoms with Gasteiger partial charge in [-0.2, -0.15) is 0 Å². The Labute approximate surface area is 204 Å². The van der Waals surface area contributed by atoms with E-state index >= 15 is 0 Å². The number of anilines is 3. The molecule has 0 unspecified atom stereocenters. The van der Waals surface area contributed by atoms with Gasteiger partial charge in [-0.05, 0) is 55.3 Å². The number of methoxy groups -OCH3 is 3. The summed E-state index contributed by atoms with van der Waals surface area (Å²) in [5.41, 5.74) is 1.84. The molecule has 10 nitrogen and oxygen atoms in total. The second-order valence-electron chi connectivity index (χ2n) is 7.54. The van der Waals surface area contributed by atoms with Crippen molar-refractivity contribution in [2.75, 3.05) is 45.1 Å². The molecular weight excluding hydrogens is 448 g/mol. The SMILES string of the molecule is COc1cc(/C=C/C(=O)NCCNc2cc(Nc3cc(C)ccn3)nc(C)n2)cc(OC)c1OC. The van der Waals surface area contributed by atoms with Crippen LogP contribution in [0.5, 0.6) is 17.2 Å². The number of carbonyl (C=O) groups is 1. The van der Waals surface area contributed by atoms with Crippen LogP contribution in [-0.2, 0) is 4.79 Å². The lowest BCUT2D eigenvalue weighted by atomic mass is 10.1. The summed E-state index contributed by atoms with van der Waals surface area (Å²) in [5.74, 6) is 3.91. The number of carbonyl (C=O) groups excluding carboxylic acids is 1. The predicted molar refractivity (Wildman–Crippen MR) is 136 cm³/mol. The molecule has 184 valence electrons. The Kier molecular flexibility index (Phi) is 8.82. The maximum absolute atomic E-state index is 12.2. The predicted octanol–water partition coefficient (Wildman–Crippen LogP) is 3.50. The Hall–Kier alpha value is -4.34. The first-order valence-corrected chi connectivity index (χ1v) is 11.0. The van der Waals surface area contributed by atoms with E-state index in [9.17, 15) is 4.79 Å². The van der Waals surface area contributed by atoms with E-state index in [2.05, 4.69) is 30.9 Å². The third-order valence-corrected chi connectivity index (χ3v) is 4.85. The third-order valence-electron chi connectivity index (χ3n) is 4.85. The number of rotatable bonds is 11. The van der Waals surface area contributed by atoms with E-state index < -0.39 is 0 Å². The van der Waals surface area contributed by atoms with Crippen molar-refractivity contribution in [1.82, 2.24) is 20.3 Å². The van der Waals surface area contributed by atoms with Crippen LogP contribution in [0.2, 0.25) is 0 Å². The Bertz CT molecular complexity index is 1170. The van der Waals surface area contributed by atoms with E-state index in [0.29, 0.717) is 53.6 Å². The molecule has 10 heteroatoms. The summed E-state index contributed by atoms with van der Waals surface area (Å²) in [7, 11) is 4.63. The van der Waals surface area contributed by atoms with E-state index in [0.717, 1.165) is 11.1 Å². The van der Waals surface area contributed by atoms with E-state index in [-0.39, 0.29) is 5.91 Å². The van der Waals surface area contributed by atoms with Crippen molar-refractivity contribution < 1.29 is 19.0 Å². The molecule has 2 aromatic heterocycles. The van der Waals surface area contributed by atoms with E-state index in [1.54, 1.807) is 51.8 Å². The molecule has 0 fully saturated rings. The van der Waals surface area contributed by atoms with Gasteiger partial charge in [0.1, 0.15) is 23.3 Å². The first-order chi connectivity index (χ1) is 16.9. The number of nitrogens with one attached hydrogen (secondary N) is 3. The first kappa shape index (κ1) is 25.3. The fourth-order valence-electron chi connectivity index (χ4n) is 3.26. The number of aryl methyl sites for hydroxylation is 2. The molecule has 1 aromatic carbocycles. The molecule has 0 aliphatic rings. The molecule has 1 amide bonds. The minimum Gasteiger partial charge on any atom is -0.493 e. The van der Waals surface area contributed by atoms with Crippen molar-refractivity contribution in [2.45, 2.75) is 13.8 Å². The number of hydrogen-bond donors (Lipinski definition) is 3. The lowest BCUT2D eigenvalue weighted by molar-refractivity contribution is -0.116. The van der Waals surface area contributed by atoms with Gasteiger partial charge in [0.15, 0.2) is 11.5 Å². The summed E-state index contributed by atoms with van der Waals surface area (Å²) < 4.78 is 16.0. The van der Waals surface area contributed by atoms with Gasteiger partial charge in [0.2, 0.25) is 11.7 Å². The van der Waals surface area contributed by atoms with Crippen molar-refractivity contribution in [1.29, 1.82) is 0 Å². The van der Waals surface area contributed by atoms with Crippen molar-refractivity contribution in [3.8, 4) is 17.2 Å². The highest BCUT2D eigenvalue weighted by molar-refractivity contribution is 5.91. The molecule has 35 heavy (non-hydrogen) atoms. The van der Waals surface area contributed by atoms with Crippen LogP contribution in [0, 0.1) is 13.8 Å². The van der Waals surface area contributed by atoms with E-state index in [1.165, 1.54) is 6.08 Å². The van der Waals surface area contributed by atoms with Crippen molar-refractivity contribution in [2.24, 2.45) is 0 Å². The highest BCUT2D eigenvalue weighted by Gasteiger charge is 2.12. The standard InChI is InChI=1S/C25H30N6O4/c1-16-8-9-26-21(12-16)31-23-15-22(29-17(2)30-23)27-10-11-28-24(32)7-6-18-13-19(33-3)25(35-5)20(14-18)34-4/h6-9,12-15H,10-11H2,1-5H3,(H,28,32)(H2,26,27,29,30,31)/b7-6+. The fourth-order valence-corrected chi connectivity index (χ4v) is 3.26. The normalized spacial score (nSPS) is 10.7. The fraction of sp³-hybridized carbons (Fsp3) is 0.280. The molecule has 3 rings (SSSR count). The van der Waals surface area contributed by atoms with Gasteiger partial charge >= 0.3 is 0 Å². The number of nitrogens with zero attached hydrogens (tertiary/aromatic N) is 3. The van der Waals surface area contributed by atoms with Crippen molar-refractivity contribution >= 4 is 29.4 Å². The third kappa shape index (κ3) is 7.32. The smallest absolute Gasteiger partial charge is 0.244 e. The minimum atomic E-state index is -0.229. The van der Waals surface area contributed by atoms with Crippen LogP contribution in [0.4, 0.5) is 17.5 Å². The first-order valence-electron chi connectivity index (χ1n) is 11.0. The minimum absolute atomic E-state index is 0.229. The molecule has 2 heterocycles. The van der Waals surface area contributed by atoms with Crippen LogP contribution in [0.15, 0.2) is 42.6 Å². The molecule has 0 spiro atoms. The summed E-state index contributed by atoms with van der Waals surface area (Å²) in [6.07, 6.45) is 4.87. The average molecular weight is 479 g/mol. The van der Waals surface area contributed by atoms with Gasteiger partial charge in [-0.25, -0.2) is 15.0 Å². The Morgan fingerprint density at radius 3 is 2.29 bits per heavy atom. The number of aromatic nitrogens is 3. The largest absolute Gasteiger partial charge is 0.493 e. The summed E-state index contributed by atoms with van der Waals surface area (Å²) >= 11 is 0. The number of ether oxygens (including phenoxy) is 3. The highest BCUT2D eigenvalue weighted by Crippen LogP contribution is 2.38. The maximum Gasteiger partial charge on any atom is 0.244 e. The highest BCUT2D eigenvalue weighted by atomic mass is 16.5. The molecule has 0 radical (unpaired) electrons. The van der Waals surface area contributed by atoms with Crippen LogP contribution in [-0.4, -0.2) is 55.3 Å². The van der Waals surface area contributed by atoms with Crippen LogP contribution in [0.25, 0.3) is 6.08 Å². The van der Waals surface area contributed by atoms with Crippen LogP contribution < -0.4 is 30.2 Å². The second kappa shape index (κ2) is 12.2. The van der Waals surface area contributed by atoms with Gasteiger partial charge in [0.05, 0.1) is 21.3 Å². The zero-order chi connectivity index (χ0) is 25.2. The molecule has 0 atom stereocenters. The van der Waals surface area contributed by atoms with Gasteiger partial charge in [-0.15, -0.1) is 0 Å². The van der Waals surface area contributed by atoms with Crippen molar-refractivity contribution in [3.63, 3.8) is 0 Å². The second-order valence-corrected chi connectivity index (χ2v) is 7.54. The summed E-state index contributed by atoms with van der Waals surface area (Å²) in [6.45, 7) is 4.71. The molecule has 3 N–H and O–H groups in total. The lowest BCUT2D eigenvalue weighted by Gasteiger charge is -2.12. The lowest BCUT2D eigenvalue weighted by Crippen LogP contribution is -2.27. The van der Waals surface area contributed by atoms with Gasteiger partial charge in [-0.3, -0.25) is 4.79 Å². The zero-order valence-corrected chi connectivity index (χ0v) is 20.5. The quantitative estimate of drug-likeness (QED) is 0.281. The van der Waals surface area contributed by atoms with Crippen LogP contribution >= 0.6 is 0 Å². The van der Waals surface area contributed by atoms with Gasteiger partial charge in [0.25, 0.3) is 0 Å². The summed E-state index contributed by atoms with van der Waals surface area (Å²) in [4.78, 5) is 25.3. The van der Waals surface area contributed by atoms with E-state index in [4.69, 9.17) is 14.2 Å². The summed E-state index contributed by atoms with van der Waals surface area (Å²) in [5, 5.41) is 9.21.